The van der Waals surface area contributed by atoms with Crippen molar-refractivity contribution in [3.8, 4) is 0 Å². The molecule has 0 aliphatic carbocycles. The largest absolute Gasteiger partial charge is 0.484 e. The lowest BCUT2D eigenvalue weighted by Crippen LogP contribution is -2.21. The van der Waals surface area contributed by atoms with Crippen molar-refractivity contribution in [2.45, 2.75) is 38.4 Å². The first-order valence-electron chi connectivity index (χ1n) is 4.51. The zero-order valence-corrected chi connectivity index (χ0v) is 11.6. The fraction of sp³-hybridized carbons (Fsp3) is 0.889. The van der Waals surface area contributed by atoms with E-state index in [1.165, 1.54) is 0 Å². The number of ether oxygens (including phenoxy) is 1. The Hall–Kier alpha value is 0.1000. The number of hydrogen-bond donors (Lipinski definition) is 0. The van der Waals surface area contributed by atoms with Crippen LogP contribution in [0.15, 0.2) is 4.40 Å². The second-order valence-electron chi connectivity index (χ2n) is 3.84. The van der Waals surface area contributed by atoms with Crippen LogP contribution in [-0.2, 0) is 15.7 Å². The smallest absolute Gasteiger partial charge is 0.197 e. The summed E-state index contributed by atoms with van der Waals surface area (Å²) in [6, 6.07) is 0. The predicted molar refractivity (Wildman–Crippen MR) is 65.4 cm³/mol. The summed E-state index contributed by atoms with van der Waals surface area (Å²) < 4.78 is 20.4. The molecule has 0 spiro atoms. The Balaban J connectivity index is 4.36. The lowest BCUT2D eigenvalue weighted by molar-refractivity contribution is 0.391. The number of methoxy groups -OCH3 is 1. The van der Waals surface area contributed by atoms with Crippen molar-refractivity contribution in [1.82, 2.24) is 0 Å². The molecule has 0 saturated carbocycles. The molecule has 0 saturated heterocycles. The van der Waals surface area contributed by atoms with Crippen LogP contribution in [0.4, 0.5) is 0 Å². The molecule has 0 heterocycles. The highest BCUT2D eigenvalue weighted by molar-refractivity contribution is 9.09. The Labute approximate surface area is 97.0 Å². The van der Waals surface area contributed by atoms with Gasteiger partial charge in [-0.25, -0.2) is 4.21 Å². The SMILES string of the molecule is CO/C(CCCBr)=N\[S@](=O)C(C)(C)C. The van der Waals surface area contributed by atoms with Gasteiger partial charge in [-0.15, -0.1) is 0 Å². The van der Waals surface area contributed by atoms with Crippen LogP contribution in [-0.4, -0.2) is 27.3 Å². The van der Waals surface area contributed by atoms with Gasteiger partial charge < -0.3 is 4.74 Å². The van der Waals surface area contributed by atoms with Crippen molar-refractivity contribution in [2.24, 2.45) is 4.40 Å². The van der Waals surface area contributed by atoms with E-state index in [1.54, 1.807) is 7.11 Å². The van der Waals surface area contributed by atoms with Gasteiger partial charge in [0.2, 0.25) is 0 Å². The van der Waals surface area contributed by atoms with Crippen molar-refractivity contribution in [2.75, 3.05) is 12.4 Å². The number of hydrogen-bond acceptors (Lipinski definition) is 2. The summed E-state index contributed by atoms with van der Waals surface area (Å²) >= 11 is 3.33. The number of rotatable bonds is 4. The maximum absolute atomic E-state index is 11.6. The third-order valence-corrected chi connectivity index (χ3v) is 3.45. The van der Waals surface area contributed by atoms with E-state index in [2.05, 4.69) is 20.3 Å². The molecule has 0 fully saturated rings. The van der Waals surface area contributed by atoms with Crippen LogP contribution in [0.3, 0.4) is 0 Å². The summed E-state index contributed by atoms with van der Waals surface area (Å²) in [6.45, 7) is 5.68. The Bertz CT molecular complexity index is 223. The molecule has 0 aromatic heterocycles. The minimum atomic E-state index is -1.22. The van der Waals surface area contributed by atoms with E-state index in [0.29, 0.717) is 5.90 Å². The number of nitrogens with zero attached hydrogens (tertiary/aromatic N) is 1. The third-order valence-electron chi connectivity index (χ3n) is 1.47. The summed E-state index contributed by atoms with van der Waals surface area (Å²) in [7, 11) is 0.339. The summed E-state index contributed by atoms with van der Waals surface area (Å²) in [6.07, 6.45) is 1.66. The molecule has 0 unspecified atom stereocenters. The van der Waals surface area contributed by atoms with Crippen LogP contribution in [0.2, 0.25) is 0 Å². The first-order valence-corrected chi connectivity index (χ1v) is 6.74. The van der Waals surface area contributed by atoms with Crippen molar-refractivity contribution < 1.29 is 8.95 Å². The molecule has 0 aliphatic heterocycles. The average molecular weight is 284 g/mol. The molecule has 0 amide bonds. The zero-order valence-electron chi connectivity index (χ0n) is 9.17. The van der Waals surface area contributed by atoms with E-state index in [0.717, 1.165) is 18.2 Å². The predicted octanol–water partition coefficient (Wildman–Crippen LogP) is 2.67. The molecule has 0 rings (SSSR count). The molecule has 0 aromatic carbocycles. The molecule has 84 valence electrons. The lowest BCUT2D eigenvalue weighted by atomic mass is 10.3. The number of alkyl halides is 1. The van der Waals surface area contributed by atoms with Crippen LogP contribution in [0.1, 0.15) is 33.6 Å². The maximum atomic E-state index is 11.6. The van der Waals surface area contributed by atoms with Crippen LogP contribution in [0.5, 0.6) is 0 Å². The Morgan fingerprint density at radius 1 is 1.50 bits per heavy atom. The third kappa shape index (κ3) is 5.75. The Morgan fingerprint density at radius 2 is 2.07 bits per heavy atom. The van der Waals surface area contributed by atoms with Gasteiger partial charge in [0, 0.05) is 11.8 Å². The zero-order chi connectivity index (χ0) is 11.2. The van der Waals surface area contributed by atoms with Crippen LogP contribution >= 0.6 is 15.9 Å². The number of halogens is 1. The standard InChI is InChI=1S/C9H18BrNO2S/c1-9(2,3)14(12)11-8(13-4)6-5-7-10/h5-7H2,1-4H3/b11-8-/t14-/m1/s1. The monoisotopic (exact) mass is 283 g/mol. The van der Waals surface area contributed by atoms with Crippen LogP contribution in [0, 0.1) is 0 Å². The van der Waals surface area contributed by atoms with Crippen LogP contribution < -0.4 is 0 Å². The molecule has 0 aromatic rings. The molecule has 5 heteroatoms. The van der Waals surface area contributed by atoms with Gasteiger partial charge in [-0.05, 0) is 27.2 Å². The summed E-state index contributed by atoms with van der Waals surface area (Å²) in [5, 5.41) is 0.900. The fourth-order valence-corrected chi connectivity index (χ4v) is 1.54. The van der Waals surface area contributed by atoms with Crippen molar-refractivity contribution >= 4 is 32.8 Å². The molecular formula is C9H18BrNO2S. The van der Waals surface area contributed by atoms with Gasteiger partial charge in [-0.2, -0.15) is 4.40 Å². The highest BCUT2D eigenvalue weighted by Gasteiger charge is 2.19. The highest BCUT2D eigenvalue weighted by Crippen LogP contribution is 2.13. The topological polar surface area (TPSA) is 38.7 Å². The van der Waals surface area contributed by atoms with Gasteiger partial charge in [0.05, 0.1) is 11.9 Å². The summed E-state index contributed by atoms with van der Waals surface area (Å²) in [5.41, 5.74) is 0. The second kappa shape index (κ2) is 6.56. The van der Waals surface area contributed by atoms with Crippen LogP contribution in [0.25, 0.3) is 0 Å². The molecule has 0 radical (unpaired) electrons. The first kappa shape index (κ1) is 14.1. The van der Waals surface area contributed by atoms with E-state index in [-0.39, 0.29) is 4.75 Å². The molecule has 0 aliphatic rings. The van der Waals surface area contributed by atoms with Gasteiger partial charge in [0.15, 0.2) is 5.90 Å². The van der Waals surface area contributed by atoms with E-state index < -0.39 is 11.0 Å². The van der Waals surface area contributed by atoms with E-state index in [1.807, 2.05) is 20.8 Å². The van der Waals surface area contributed by atoms with Gasteiger partial charge in [0.1, 0.15) is 11.0 Å². The minimum Gasteiger partial charge on any atom is -0.484 e. The van der Waals surface area contributed by atoms with Crippen molar-refractivity contribution in [1.29, 1.82) is 0 Å². The van der Waals surface area contributed by atoms with Gasteiger partial charge >= 0.3 is 0 Å². The van der Waals surface area contributed by atoms with E-state index in [4.69, 9.17) is 4.74 Å². The summed E-state index contributed by atoms with van der Waals surface area (Å²) in [5.74, 6) is 0.567. The van der Waals surface area contributed by atoms with Gasteiger partial charge in [-0.3, -0.25) is 0 Å². The highest BCUT2D eigenvalue weighted by atomic mass is 79.9. The minimum absolute atomic E-state index is 0.321. The Morgan fingerprint density at radius 3 is 2.43 bits per heavy atom. The fourth-order valence-electron chi connectivity index (χ4n) is 0.632. The van der Waals surface area contributed by atoms with E-state index in [9.17, 15) is 4.21 Å². The van der Waals surface area contributed by atoms with Gasteiger partial charge in [0.25, 0.3) is 0 Å². The first-order chi connectivity index (χ1) is 6.41. The Kier molecular flexibility index (Phi) is 6.61. The molecule has 0 N–H and O–H groups in total. The molecular weight excluding hydrogens is 266 g/mol. The maximum Gasteiger partial charge on any atom is 0.197 e. The van der Waals surface area contributed by atoms with Crippen molar-refractivity contribution in [3.05, 3.63) is 0 Å². The molecule has 14 heavy (non-hydrogen) atoms. The van der Waals surface area contributed by atoms with E-state index >= 15 is 0 Å². The normalized spacial score (nSPS) is 15.4. The molecule has 1 atom stereocenters. The lowest BCUT2D eigenvalue weighted by Gasteiger charge is -2.14. The quantitative estimate of drug-likeness (QED) is 0.452. The average Bonchev–Trinajstić information content (AvgIpc) is 2.10. The summed E-state index contributed by atoms with van der Waals surface area (Å²) in [4.78, 5) is 0. The van der Waals surface area contributed by atoms with Gasteiger partial charge in [-0.1, -0.05) is 15.9 Å². The second-order valence-corrected chi connectivity index (χ2v) is 6.54. The molecule has 0 bridgehead atoms. The van der Waals surface area contributed by atoms with Crippen molar-refractivity contribution in [3.63, 3.8) is 0 Å². The molecule has 3 nitrogen and oxygen atoms in total.